The quantitative estimate of drug-likeness (QED) is 0.239. The van der Waals surface area contributed by atoms with E-state index in [0.29, 0.717) is 18.5 Å². The van der Waals surface area contributed by atoms with Gasteiger partial charge in [0.25, 0.3) is 5.67 Å². The van der Waals surface area contributed by atoms with E-state index in [9.17, 15) is 19.5 Å². The Morgan fingerprint density at radius 3 is 2.48 bits per heavy atom. The second-order valence-electron chi connectivity index (χ2n) is 17.0. The van der Waals surface area contributed by atoms with Crippen LogP contribution >= 0.6 is 0 Å². The lowest BCUT2D eigenvalue weighted by Gasteiger charge is -2.45. The number of aromatic nitrogens is 1. The summed E-state index contributed by atoms with van der Waals surface area (Å²) in [6, 6.07) is 8.28. The van der Waals surface area contributed by atoms with Crippen LogP contribution in [0.4, 0.5) is 9.18 Å². The van der Waals surface area contributed by atoms with Crippen LogP contribution in [0.1, 0.15) is 73.3 Å². The lowest BCUT2D eigenvalue weighted by molar-refractivity contribution is -0.281. The molecular formula is C44H59FN4O9. The number of hydrogen-bond acceptors (Lipinski definition) is 12. The van der Waals surface area contributed by atoms with E-state index < -0.39 is 96.0 Å². The van der Waals surface area contributed by atoms with E-state index in [0.717, 1.165) is 16.6 Å². The number of hydrogen-bond donors (Lipinski definition) is 1. The van der Waals surface area contributed by atoms with E-state index in [4.69, 9.17) is 28.7 Å². The van der Waals surface area contributed by atoms with Crippen LogP contribution in [0.25, 0.3) is 10.9 Å². The summed E-state index contributed by atoms with van der Waals surface area (Å²) >= 11 is 0. The van der Waals surface area contributed by atoms with Gasteiger partial charge in [0.15, 0.2) is 17.7 Å². The minimum absolute atomic E-state index is 0.147. The third-order valence-corrected chi connectivity index (χ3v) is 12.9. The molecule has 1 aromatic heterocycles. The third kappa shape index (κ3) is 8.00. The van der Waals surface area contributed by atoms with Gasteiger partial charge in [0.05, 0.1) is 42.8 Å². The molecule has 3 fully saturated rings. The van der Waals surface area contributed by atoms with Crippen molar-refractivity contribution in [1.29, 1.82) is 0 Å². The number of esters is 1. The average Bonchev–Trinajstić information content (AvgIpc) is 3.32. The van der Waals surface area contributed by atoms with Crippen molar-refractivity contribution in [3.05, 3.63) is 42.1 Å². The van der Waals surface area contributed by atoms with Gasteiger partial charge < -0.3 is 33.7 Å². The minimum atomic E-state index is -3.30. The number of alkyl halides is 1. The van der Waals surface area contributed by atoms with E-state index in [-0.39, 0.29) is 25.1 Å². The maximum Gasteiger partial charge on any atom is 0.410 e. The number of para-hydroxylation sites is 1. The van der Waals surface area contributed by atoms with Gasteiger partial charge >= 0.3 is 12.1 Å². The number of Topliss-reactive ketones (excluding diaryl/α,β-unsaturated/α-hetero) is 1. The standard InChI is InChI=1S/C44H59FN4O9/c1-11-33-43(7)38-26(4)34(46-19-20-49(38)42(53)58-43)25(3)36(54-10)27(5)37(57-40-35(50)32(48(8)9)21-24(2)55-40)28(6)39(51)44(45,41(52)56-33)18-14-15-29-22-30-16-12-13-17-31(30)47-23-29/h12-13,16-17,22-28,32-33,35-38,40,50H,11,18-21H2,1-10H3/t24-,25+,26+,27+,28-,32+,33-,35-,36+,37+,38?,40+,43-,44?/m1/s1. The summed E-state index contributed by atoms with van der Waals surface area (Å²) in [5.74, 6) is 0.330. The summed E-state index contributed by atoms with van der Waals surface area (Å²) in [4.78, 5) is 56.0. The molecule has 58 heavy (non-hydrogen) atoms. The van der Waals surface area contributed by atoms with Crippen LogP contribution in [0.15, 0.2) is 41.5 Å². The van der Waals surface area contributed by atoms with Crippen LogP contribution in [0, 0.1) is 35.5 Å². The zero-order valence-corrected chi connectivity index (χ0v) is 35.3. The number of cyclic esters (lactones) is 1. The zero-order valence-electron chi connectivity index (χ0n) is 35.3. The summed E-state index contributed by atoms with van der Waals surface area (Å²) in [6.45, 7) is 13.2. The predicted molar refractivity (Wildman–Crippen MR) is 215 cm³/mol. The summed E-state index contributed by atoms with van der Waals surface area (Å²) in [5, 5.41) is 12.4. The van der Waals surface area contributed by atoms with Crippen LogP contribution in [0.5, 0.6) is 0 Å². The van der Waals surface area contributed by atoms with E-state index in [1.165, 1.54) is 6.92 Å². The Balaban J connectivity index is 1.47. The Bertz CT molecular complexity index is 1950. The lowest BCUT2D eigenvalue weighted by Crippen LogP contribution is -2.60. The highest BCUT2D eigenvalue weighted by molar-refractivity contribution is 6.08. The fourth-order valence-electron chi connectivity index (χ4n) is 9.88. The highest BCUT2D eigenvalue weighted by Gasteiger charge is 2.62. The molecule has 2 unspecified atom stereocenters. The second kappa shape index (κ2) is 17.3. The monoisotopic (exact) mass is 806 g/mol. The molecule has 2 bridgehead atoms. The number of aliphatic imine (C=N–C) groups is 1. The molecule has 0 saturated carbocycles. The van der Waals surface area contributed by atoms with Crippen molar-refractivity contribution < 1.29 is 47.6 Å². The number of carbonyl (C=O) groups is 3. The topological polar surface area (TPSA) is 149 Å². The van der Waals surface area contributed by atoms with Gasteiger partial charge in [-0.2, -0.15) is 0 Å². The Morgan fingerprint density at radius 2 is 1.79 bits per heavy atom. The number of ketones is 1. The first kappa shape index (κ1) is 43.6. The molecule has 1 aromatic carbocycles. The molecule has 6 rings (SSSR count). The molecular weight excluding hydrogens is 748 g/mol. The Hall–Kier alpha value is -4.00. The lowest BCUT2D eigenvalue weighted by atomic mass is 9.72. The van der Waals surface area contributed by atoms with Gasteiger partial charge in [0.2, 0.25) is 0 Å². The molecule has 0 spiro atoms. The number of pyridine rings is 1. The Labute approximate surface area is 341 Å². The molecule has 1 N–H and O–H groups in total. The van der Waals surface area contributed by atoms with E-state index in [2.05, 4.69) is 16.8 Å². The number of rotatable bonds is 6. The number of nitrogens with zero attached hydrogens (tertiary/aromatic N) is 4. The van der Waals surface area contributed by atoms with Crippen molar-refractivity contribution in [3.8, 4) is 11.8 Å². The first-order chi connectivity index (χ1) is 27.5. The normalized spacial score (nSPS) is 38.6. The second-order valence-corrected chi connectivity index (χ2v) is 17.0. The maximum atomic E-state index is 18.1. The molecule has 2 aromatic rings. The number of carbonyl (C=O) groups excluding carboxylic acids is 3. The largest absolute Gasteiger partial charge is 0.455 e. The third-order valence-electron chi connectivity index (χ3n) is 12.9. The number of amides is 1. The summed E-state index contributed by atoms with van der Waals surface area (Å²) in [6.07, 6.45) is -4.77. The first-order valence-electron chi connectivity index (χ1n) is 20.5. The number of fused-ring (bicyclic) bond motifs is 2. The summed E-state index contributed by atoms with van der Waals surface area (Å²) in [7, 11) is 5.27. The highest BCUT2D eigenvalue weighted by Crippen LogP contribution is 2.44. The molecule has 316 valence electrons. The first-order valence-corrected chi connectivity index (χ1v) is 20.5. The van der Waals surface area contributed by atoms with Gasteiger partial charge in [-0.25, -0.2) is 14.0 Å². The number of halogens is 1. The number of ether oxygens (including phenoxy) is 5. The summed E-state index contributed by atoms with van der Waals surface area (Å²) in [5.41, 5.74) is -2.74. The van der Waals surface area contributed by atoms with Crippen LogP contribution in [0.2, 0.25) is 0 Å². The van der Waals surface area contributed by atoms with Gasteiger partial charge in [-0.3, -0.25) is 19.7 Å². The molecule has 4 aliphatic heterocycles. The molecule has 13 nitrogen and oxygen atoms in total. The number of benzene rings is 1. The Morgan fingerprint density at radius 1 is 1.07 bits per heavy atom. The van der Waals surface area contributed by atoms with E-state index in [1.54, 1.807) is 38.1 Å². The Kier molecular flexibility index (Phi) is 13.0. The van der Waals surface area contributed by atoms with E-state index >= 15 is 4.39 Å². The van der Waals surface area contributed by atoms with Crippen LogP contribution in [0.3, 0.4) is 0 Å². The number of aliphatic hydroxyl groups is 1. The van der Waals surface area contributed by atoms with Crippen molar-refractivity contribution >= 4 is 34.5 Å². The van der Waals surface area contributed by atoms with Gasteiger partial charge in [-0.1, -0.05) is 64.7 Å². The van der Waals surface area contributed by atoms with Crippen molar-refractivity contribution in [1.82, 2.24) is 14.8 Å². The maximum absolute atomic E-state index is 18.1. The van der Waals surface area contributed by atoms with Crippen molar-refractivity contribution in [2.45, 2.75) is 128 Å². The molecule has 4 aliphatic rings. The minimum Gasteiger partial charge on any atom is -0.455 e. The predicted octanol–water partition coefficient (Wildman–Crippen LogP) is 4.99. The highest BCUT2D eigenvalue weighted by atomic mass is 19.1. The van der Waals surface area contributed by atoms with Gasteiger partial charge in [-0.15, -0.1) is 0 Å². The van der Waals surface area contributed by atoms with Gasteiger partial charge in [0, 0.05) is 66.2 Å². The van der Waals surface area contributed by atoms with Gasteiger partial charge in [-0.05, 0) is 52.9 Å². The molecule has 14 heteroatoms. The average molecular weight is 807 g/mol. The summed E-state index contributed by atoms with van der Waals surface area (Å²) < 4.78 is 49.3. The number of methoxy groups -OCH3 is 1. The van der Waals surface area contributed by atoms with Crippen molar-refractivity contribution in [2.24, 2.45) is 28.7 Å². The molecule has 5 heterocycles. The van der Waals surface area contributed by atoms with Crippen LogP contribution in [-0.4, -0.2) is 138 Å². The smallest absolute Gasteiger partial charge is 0.410 e. The fourth-order valence-corrected chi connectivity index (χ4v) is 9.88. The molecule has 0 radical (unpaired) electrons. The van der Waals surface area contributed by atoms with E-state index in [1.807, 2.05) is 71.0 Å². The molecule has 3 saturated heterocycles. The number of likely N-dealkylation sites (N-methyl/N-ethyl adjacent to an activating group) is 1. The number of aliphatic hydroxyl groups excluding tert-OH is 1. The zero-order chi connectivity index (χ0) is 42.3. The van der Waals surface area contributed by atoms with Crippen LogP contribution in [-0.2, 0) is 33.3 Å². The van der Waals surface area contributed by atoms with Gasteiger partial charge in [0.1, 0.15) is 12.2 Å². The SMILES string of the molecule is CC[C@H]1OC(=O)C(F)(CC#Cc2cnc3ccccc3c2)C(=O)[C@H](C)[C@@H](O[C@@H]2O[C@H](C)C[C@H](N(C)C)[C@H]2O)[C@@H](C)[C@@H](OC)[C@@H](C)C2=NCCN3C(=O)O[C@@]1(C)C3[C@H]2C. The van der Waals surface area contributed by atoms with Crippen molar-refractivity contribution in [3.63, 3.8) is 0 Å². The van der Waals surface area contributed by atoms with Crippen LogP contribution < -0.4 is 0 Å². The fraction of sp³-hybridized carbons (Fsp3) is 0.659. The molecule has 1 amide bonds. The molecule has 0 aliphatic carbocycles. The molecule has 14 atom stereocenters. The van der Waals surface area contributed by atoms with Crippen molar-refractivity contribution in [2.75, 3.05) is 34.3 Å².